The predicted octanol–water partition coefficient (Wildman–Crippen LogP) is 4.00. The highest BCUT2D eigenvalue weighted by Crippen LogP contribution is 2.29. The Hall–Kier alpha value is -1.96. The van der Waals surface area contributed by atoms with Gasteiger partial charge in [0.2, 0.25) is 0 Å². The number of hydrogen-bond acceptors (Lipinski definition) is 2. The number of fused-ring (bicyclic) bond motifs is 1. The van der Waals surface area contributed by atoms with E-state index in [4.69, 9.17) is 4.74 Å². The lowest BCUT2D eigenvalue weighted by Gasteiger charge is -2.31. The highest BCUT2D eigenvalue weighted by molar-refractivity contribution is 5.50. The van der Waals surface area contributed by atoms with Gasteiger partial charge in [0.05, 0.1) is 0 Å². The predicted molar refractivity (Wildman–Crippen MR) is 78.6 cm³/mol. The van der Waals surface area contributed by atoms with Gasteiger partial charge in [-0.15, -0.1) is 0 Å². The molecule has 0 spiro atoms. The van der Waals surface area contributed by atoms with Gasteiger partial charge in [0.15, 0.2) is 6.73 Å². The van der Waals surface area contributed by atoms with Gasteiger partial charge in [0.1, 0.15) is 5.75 Å². The smallest absolute Gasteiger partial charge is 0.161 e. The average Bonchev–Trinajstić information content (AvgIpc) is 2.48. The highest BCUT2D eigenvalue weighted by atomic mass is 16.5. The maximum absolute atomic E-state index is 5.85. The molecule has 0 fully saturated rings. The number of para-hydroxylation sites is 1. The third kappa shape index (κ3) is 2.58. The van der Waals surface area contributed by atoms with Gasteiger partial charge in [-0.05, 0) is 30.2 Å². The van der Waals surface area contributed by atoms with Crippen molar-refractivity contribution in [1.82, 2.24) is 0 Å². The van der Waals surface area contributed by atoms with E-state index < -0.39 is 0 Å². The van der Waals surface area contributed by atoms with Crippen LogP contribution in [0.25, 0.3) is 0 Å². The van der Waals surface area contributed by atoms with E-state index in [9.17, 15) is 0 Å². The van der Waals surface area contributed by atoms with Crippen molar-refractivity contribution in [1.29, 1.82) is 0 Å². The first kappa shape index (κ1) is 12.1. The van der Waals surface area contributed by atoms with E-state index in [1.54, 1.807) is 0 Å². The van der Waals surface area contributed by atoms with E-state index in [-0.39, 0.29) is 0 Å². The normalized spacial score (nSPS) is 13.8. The number of benzene rings is 2. The summed E-state index contributed by atoms with van der Waals surface area (Å²) < 4.78 is 5.85. The molecule has 1 aliphatic heterocycles. The molecule has 2 aromatic carbocycles. The first-order chi connectivity index (χ1) is 9.36. The zero-order valence-corrected chi connectivity index (χ0v) is 11.3. The van der Waals surface area contributed by atoms with E-state index in [2.05, 4.69) is 54.3 Å². The first-order valence-corrected chi connectivity index (χ1v) is 6.91. The Morgan fingerprint density at radius 1 is 1.11 bits per heavy atom. The van der Waals surface area contributed by atoms with Crippen molar-refractivity contribution < 1.29 is 4.74 Å². The lowest BCUT2D eigenvalue weighted by molar-refractivity contribution is 0.289. The standard InChI is InChI=1S/C17H19NO/c1-2-6-14-9-10-17-15(11-14)12-18(13-19-17)16-7-4-3-5-8-16/h3-5,7-11H,2,6,12-13H2,1H3. The minimum atomic E-state index is 0.629. The molecule has 3 rings (SSSR count). The van der Waals surface area contributed by atoms with Crippen molar-refractivity contribution in [2.24, 2.45) is 0 Å². The van der Waals surface area contributed by atoms with Gasteiger partial charge in [-0.1, -0.05) is 43.7 Å². The van der Waals surface area contributed by atoms with Crippen molar-refractivity contribution in [3.05, 3.63) is 59.7 Å². The zero-order chi connectivity index (χ0) is 13.1. The van der Waals surface area contributed by atoms with Crippen LogP contribution in [0.5, 0.6) is 5.75 Å². The van der Waals surface area contributed by atoms with E-state index in [0.29, 0.717) is 6.73 Å². The molecule has 2 aromatic rings. The molecule has 0 bridgehead atoms. The van der Waals surface area contributed by atoms with Crippen LogP contribution in [-0.4, -0.2) is 6.73 Å². The van der Waals surface area contributed by atoms with Gasteiger partial charge in [0.25, 0.3) is 0 Å². The lowest BCUT2D eigenvalue weighted by Crippen LogP contribution is -2.31. The molecule has 2 nitrogen and oxygen atoms in total. The summed E-state index contributed by atoms with van der Waals surface area (Å²) in [5, 5.41) is 0. The molecular weight excluding hydrogens is 234 g/mol. The zero-order valence-electron chi connectivity index (χ0n) is 11.3. The largest absolute Gasteiger partial charge is 0.473 e. The second-order valence-corrected chi connectivity index (χ2v) is 5.00. The van der Waals surface area contributed by atoms with Crippen LogP contribution in [0.3, 0.4) is 0 Å². The number of rotatable bonds is 3. The Bertz CT molecular complexity index is 550. The summed E-state index contributed by atoms with van der Waals surface area (Å²) in [6.45, 7) is 3.77. The molecule has 98 valence electrons. The number of aryl methyl sites for hydroxylation is 1. The van der Waals surface area contributed by atoms with E-state index in [1.807, 2.05) is 6.07 Å². The fourth-order valence-corrected chi connectivity index (χ4v) is 2.54. The van der Waals surface area contributed by atoms with Crippen molar-refractivity contribution in [3.63, 3.8) is 0 Å². The molecule has 0 N–H and O–H groups in total. The topological polar surface area (TPSA) is 12.5 Å². The summed E-state index contributed by atoms with van der Waals surface area (Å²) in [7, 11) is 0. The summed E-state index contributed by atoms with van der Waals surface area (Å²) in [6.07, 6.45) is 2.32. The Morgan fingerprint density at radius 3 is 2.74 bits per heavy atom. The van der Waals surface area contributed by atoms with Crippen LogP contribution in [0, 0.1) is 0 Å². The molecule has 0 radical (unpaired) electrons. The number of ether oxygens (including phenoxy) is 1. The van der Waals surface area contributed by atoms with Gasteiger partial charge in [0, 0.05) is 17.8 Å². The van der Waals surface area contributed by atoms with Crippen LogP contribution in [0.2, 0.25) is 0 Å². The molecule has 0 aromatic heterocycles. The van der Waals surface area contributed by atoms with E-state index in [1.165, 1.54) is 23.2 Å². The van der Waals surface area contributed by atoms with Crippen LogP contribution < -0.4 is 9.64 Å². The van der Waals surface area contributed by atoms with Crippen molar-refractivity contribution in [3.8, 4) is 5.75 Å². The average molecular weight is 253 g/mol. The van der Waals surface area contributed by atoms with Gasteiger partial charge in [-0.3, -0.25) is 0 Å². The Labute approximate surface area is 114 Å². The minimum absolute atomic E-state index is 0.629. The molecular formula is C17H19NO. The molecule has 1 aliphatic rings. The molecule has 19 heavy (non-hydrogen) atoms. The van der Waals surface area contributed by atoms with Crippen molar-refractivity contribution in [2.75, 3.05) is 11.6 Å². The van der Waals surface area contributed by atoms with E-state index in [0.717, 1.165) is 18.7 Å². The first-order valence-electron chi connectivity index (χ1n) is 6.91. The second kappa shape index (κ2) is 5.35. The molecule has 0 saturated carbocycles. The molecule has 2 heteroatoms. The fraction of sp³-hybridized carbons (Fsp3) is 0.294. The van der Waals surface area contributed by atoms with Crippen molar-refractivity contribution in [2.45, 2.75) is 26.3 Å². The Kier molecular flexibility index (Phi) is 3.41. The van der Waals surface area contributed by atoms with Crippen LogP contribution in [0.15, 0.2) is 48.5 Å². The summed E-state index contributed by atoms with van der Waals surface area (Å²) in [5.41, 5.74) is 3.91. The SMILES string of the molecule is CCCc1ccc2c(c1)CN(c1ccccc1)CO2. The highest BCUT2D eigenvalue weighted by Gasteiger charge is 2.17. The van der Waals surface area contributed by atoms with Gasteiger partial charge >= 0.3 is 0 Å². The molecule has 0 atom stereocenters. The third-order valence-corrected chi connectivity index (χ3v) is 3.52. The Balaban J connectivity index is 1.84. The monoisotopic (exact) mass is 253 g/mol. The second-order valence-electron chi connectivity index (χ2n) is 5.00. The maximum Gasteiger partial charge on any atom is 0.161 e. The Morgan fingerprint density at radius 2 is 1.95 bits per heavy atom. The molecule has 1 heterocycles. The molecule has 0 unspecified atom stereocenters. The van der Waals surface area contributed by atoms with Crippen molar-refractivity contribution >= 4 is 5.69 Å². The van der Waals surface area contributed by atoms with Crippen LogP contribution >= 0.6 is 0 Å². The fourth-order valence-electron chi connectivity index (χ4n) is 2.54. The molecule has 0 amide bonds. The molecule has 0 saturated heterocycles. The van der Waals surface area contributed by atoms with Gasteiger partial charge in [-0.2, -0.15) is 0 Å². The maximum atomic E-state index is 5.85. The van der Waals surface area contributed by atoms with Gasteiger partial charge in [-0.25, -0.2) is 0 Å². The number of hydrogen-bond donors (Lipinski definition) is 0. The quantitative estimate of drug-likeness (QED) is 0.820. The minimum Gasteiger partial charge on any atom is -0.473 e. The summed E-state index contributed by atoms with van der Waals surface area (Å²) >= 11 is 0. The van der Waals surface area contributed by atoms with Crippen LogP contribution in [0.4, 0.5) is 5.69 Å². The third-order valence-electron chi connectivity index (χ3n) is 3.52. The number of nitrogens with zero attached hydrogens (tertiary/aromatic N) is 1. The summed E-state index contributed by atoms with van der Waals surface area (Å²) in [4.78, 5) is 2.26. The summed E-state index contributed by atoms with van der Waals surface area (Å²) in [5.74, 6) is 1.03. The van der Waals surface area contributed by atoms with E-state index >= 15 is 0 Å². The number of anilines is 1. The molecule has 0 aliphatic carbocycles. The summed E-state index contributed by atoms with van der Waals surface area (Å²) in [6, 6.07) is 17.0. The van der Waals surface area contributed by atoms with Crippen LogP contribution in [-0.2, 0) is 13.0 Å². The lowest BCUT2D eigenvalue weighted by atomic mass is 10.0. The van der Waals surface area contributed by atoms with Gasteiger partial charge < -0.3 is 9.64 Å². The van der Waals surface area contributed by atoms with Crippen LogP contribution in [0.1, 0.15) is 24.5 Å².